The van der Waals surface area contributed by atoms with Crippen molar-refractivity contribution in [2.45, 2.75) is 79.5 Å². The fourth-order valence-corrected chi connectivity index (χ4v) is 20.5. The Bertz CT molecular complexity index is 570. The quantitative estimate of drug-likeness (QED) is 0.409. The molecule has 0 aliphatic rings. The van der Waals surface area contributed by atoms with Crippen LogP contribution < -0.4 is 3.71 Å². The molecule has 0 saturated heterocycles. The van der Waals surface area contributed by atoms with Gasteiger partial charge in [0, 0.05) is 0 Å². The van der Waals surface area contributed by atoms with Crippen LogP contribution in [-0.2, 0) is 0 Å². The Balaban J connectivity index is 2.40. The number of hydrogen-bond acceptors (Lipinski definition) is 3. The van der Waals surface area contributed by atoms with Crippen molar-refractivity contribution in [3.63, 3.8) is 0 Å². The Kier molecular flexibility index (Phi) is 8.27. The van der Waals surface area contributed by atoms with Gasteiger partial charge >= 0.3 is 156 Å². The van der Waals surface area contributed by atoms with E-state index in [2.05, 4.69) is 54.4 Å². The van der Waals surface area contributed by atoms with Crippen molar-refractivity contribution < 1.29 is 0 Å². The van der Waals surface area contributed by atoms with Crippen LogP contribution >= 0.6 is 11.3 Å². The van der Waals surface area contributed by atoms with Crippen molar-refractivity contribution in [3.8, 4) is 5.69 Å². The first-order valence-corrected chi connectivity index (χ1v) is 18.1. The standard InChI is InChI=1S/C7H6N3S.3C4H9.Sn/c1-6-4-8-9-10(6)7-2-3-11-5-7;3*1-3-4-2;/h2-3,5H,1H3;3*1,3-4H2,2H3;. The molecule has 0 fully saturated rings. The van der Waals surface area contributed by atoms with Gasteiger partial charge in [0.2, 0.25) is 0 Å². The van der Waals surface area contributed by atoms with Crippen molar-refractivity contribution in [3.05, 3.63) is 22.5 Å². The van der Waals surface area contributed by atoms with E-state index >= 15 is 0 Å². The molecule has 0 saturated carbocycles. The minimum atomic E-state index is -2.47. The second-order valence-electron chi connectivity index (χ2n) is 7.01. The van der Waals surface area contributed by atoms with E-state index in [-0.39, 0.29) is 0 Å². The van der Waals surface area contributed by atoms with Gasteiger partial charge in [-0.25, -0.2) is 0 Å². The van der Waals surface area contributed by atoms with Crippen LogP contribution in [0.2, 0.25) is 13.3 Å². The number of thiophene rings is 1. The van der Waals surface area contributed by atoms with Crippen LogP contribution in [0.15, 0.2) is 16.8 Å². The van der Waals surface area contributed by atoms with E-state index in [0.29, 0.717) is 0 Å². The van der Waals surface area contributed by atoms with Gasteiger partial charge in [0.1, 0.15) is 0 Å². The topological polar surface area (TPSA) is 30.7 Å². The Morgan fingerprint density at radius 3 is 2.04 bits per heavy atom. The Hall–Kier alpha value is -0.361. The van der Waals surface area contributed by atoms with Gasteiger partial charge in [0.15, 0.2) is 0 Å². The van der Waals surface area contributed by atoms with Gasteiger partial charge in [0.25, 0.3) is 0 Å². The molecule has 5 heteroatoms. The number of hydrogen-bond donors (Lipinski definition) is 0. The third-order valence-electron chi connectivity index (χ3n) is 5.17. The maximum atomic E-state index is 4.81. The van der Waals surface area contributed by atoms with E-state index < -0.39 is 18.4 Å². The molecule has 134 valence electrons. The Labute approximate surface area is 155 Å². The van der Waals surface area contributed by atoms with Gasteiger partial charge in [-0.15, -0.1) is 0 Å². The summed E-state index contributed by atoms with van der Waals surface area (Å²) in [5, 5.41) is 13.7. The van der Waals surface area contributed by atoms with E-state index in [1.807, 2.05) is 0 Å². The molecule has 0 aliphatic carbocycles. The molecule has 0 unspecified atom stereocenters. The second kappa shape index (κ2) is 9.95. The van der Waals surface area contributed by atoms with Gasteiger partial charge in [-0.1, -0.05) is 0 Å². The zero-order chi connectivity index (χ0) is 17.4. The molecule has 0 aromatic carbocycles. The summed E-state index contributed by atoms with van der Waals surface area (Å²) in [6.45, 7) is 9.23. The Morgan fingerprint density at radius 1 is 1.00 bits per heavy atom. The van der Waals surface area contributed by atoms with Crippen molar-refractivity contribution >= 4 is 33.4 Å². The zero-order valence-electron chi connectivity index (χ0n) is 15.8. The summed E-state index contributed by atoms with van der Waals surface area (Å²) in [4.78, 5) is 0. The fraction of sp³-hybridized carbons (Fsp3) is 0.684. The van der Waals surface area contributed by atoms with Crippen LogP contribution in [0.3, 0.4) is 0 Å². The molecule has 24 heavy (non-hydrogen) atoms. The van der Waals surface area contributed by atoms with E-state index in [1.54, 1.807) is 11.3 Å². The van der Waals surface area contributed by atoms with Crippen molar-refractivity contribution in [2.24, 2.45) is 0 Å². The average Bonchev–Trinajstić information content (AvgIpc) is 3.24. The SMILES string of the molecule is CCC[CH2][Sn]([CH2]CCC)([CH2]CCC)[c]1nnn(-c2ccsc2)c1C. The predicted octanol–water partition coefficient (Wildman–Crippen LogP) is 5.69. The number of nitrogens with zero attached hydrogens (tertiary/aromatic N) is 3. The monoisotopic (exact) mass is 455 g/mol. The summed E-state index contributed by atoms with van der Waals surface area (Å²) in [5.74, 6) is 0. The normalized spacial score (nSPS) is 12.0. The minimum absolute atomic E-state index is 1.18. The first kappa shape index (κ1) is 20.0. The summed E-state index contributed by atoms with van der Waals surface area (Å²) >= 11 is -0.738. The van der Waals surface area contributed by atoms with Crippen LogP contribution in [0, 0.1) is 6.92 Å². The van der Waals surface area contributed by atoms with Crippen molar-refractivity contribution in [1.82, 2.24) is 15.0 Å². The van der Waals surface area contributed by atoms with Crippen molar-refractivity contribution in [2.75, 3.05) is 0 Å². The van der Waals surface area contributed by atoms with Crippen molar-refractivity contribution in [1.29, 1.82) is 0 Å². The molecule has 0 aliphatic heterocycles. The molecule has 0 N–H and O–H groups in total. The Morgan fingerprint density at radius 2 is 1.58 bits per heavy atom. The molecule has 3 nitrogen and oxygen atoms in total. The first-order valence-electron chi connectivity index (χ1n) is 9.63. The van der Waals surface area contributed by atoms with Crippen LogP contribution in [0.4, 0.5) is 0 Å². The van der Waals surface area contributed by atoms with E-state index in [0.717, 1.165) is 0 Å². The van der Waals surface area contributed by atoms with E-state index in [9.17, 15) is 0 Å². The molecule has 0 atom stereocenters. The van der Waals surface area contributed by atoms with Gasteiger partial charge < -0.3 is 0 Å². The molecule has 2 heterocycles. The molecule has 0 bridgehead atoms. The molecule has 2 aromatic rings. The molecule has 0 radical (unpaired) electrons. The fourth-order valence-electron chi connectivity index (χ4n) is 3.72. The van der Waals surface area contributed by atoms with Crippen LogP contribution in [0.5, 0.6) is 0 Å². The third kappa shape index (κ3) is 4.63. The van der Waals surface area contributed by atoms with Crippen LogP contribution in [0.1, 0.15) is 65.0 Å². The summed E-state index contributed by atoms with van der Waals surface area (Å²) in [6.07, 6.45) is 8.01. The summed E-state index contributed by atoms with van der Waals surface area (Å²) in [7, 11) is 0. The van der Waals surface area contributed by atoms with Gasteiger partial charge in [0.05, 0.1) is 0 Å². The zero-order valence-corrected chi connectivity index (χ0v) is 19.5. The van der Waals surface area contributed by atoms with Gasteiger partial charge in [-0.2, -0.15) is 0 Å². The van der Waals surface area contributed by atoms with E-state index in [1.165, 1.54) is 66.9 Å². The average molecular weight is 454 g/mol. The summed E-state index contributed by atoms with van der Waals surface area (Å²) in [5.41, 5.74) is 2.51. The molecule has 2 aromatic heterocycles. The molecular formula is C19H33N3SSn. The summed E-state index contributed by atoms with van der Waals surface area (Å²) in [6, 6.07) is 2.15. The number of rotatable bonds is 11. The molecular weight excluding hydrogens is 421 g/mol. The molecule has 0 spiro atoms. The molecule has 2 rings (SSSR count). The first-order chi connectivity index (χ1) is 11.7. The third-order valence-corrected chi connectivity index (χ3v) is 21.3. The van der Waals surface area contributed by atoms with Crippen LogP contribution in [-0.4, -0.2) is 33.4 Å². The maximum absolute atomic E-state index is 4.81. The number of unbranched alkanes of at least 4 members (excludes halogenated alkanes) is 3. The molecule has 0 amide bonds. The van der Waals surface area contributed by atoms with Gasteiger partial charge in [-0.3, -0.25) is 0 Å². The van der Waals surface area contributed by atoms with Crippen LogP contribution in [0.25, 0.3) is 5.69 Å². The summed E-state index contributed by atoms with van der Waals surface area (Å²) < 4.78 is 7.91. The number of aromatic nitrogens is 3. The second-order valence-corrected chi connectivity index (χ2v) is 20.7. The van der Waals surface area contributed by atoms with E-state index in [4.69, 9.17) is 5.10 Å². The van der Waals surface area contributed by atoms with Gasteiger partial charge in [-0.05, 0) is 0 Å². The predicted molar refractivity (Wildman–Crippen MR) is 109 cm³/mol.